The molecule has 30 heavy (non-hydrogen) atoms. The molecule has 0 N–H and O–H groups in total. The summed E-state index contributed by atoms with van der Waals surface area (Å²) in [6.07, 6.45) is 2.92. The van der Waals surface area contributed by atoms with Crippen molar-refractivity contribution in [3.05, 3.63) is 113 Å². The van der Waals surface area contributed by atoms with Crippen LogP contribution in [0.15, 0.2) is 85.5 Å². The second-order valence-electron chi connectivity index (χ2n) is 7.72. The normalized spacial score (nSPS) is 15.7. The van der Waals surface area contributed by atoms with Gasteiger partial charge in [-0.1, -0.05) is 54.1 Å². The fourth-order valence-corrected chi connectivity index (χ4v) is 4.20. The Morgan fingerprint density at radius 2 is 1.40 bits per heavy atom. The van der Waals surface area contributed by atoms with Crippen molar-refractivity contribution in [2.75, 3.05) is 31.1 Å². The Hall–Kier alpha value is -2.62. The van der Waals surface area contributed by atoms with Gasteiger partial charge < -0.3 is 4.90 Å². The Labute approximate surface area is 183 Å². The SMILES string of the molecule is C=CC(c1ccc(Cc2ccc(Cl)cc2)cc1)N1CCN(c2ccc(F)cc2)CC1. The minimum Gasteiger partial charge on any atom is -0.369 e. The smallest absolute Gasteiger partial charge is 0.123 e. The minimum atomic E-state index is -0.191. The average molecular weight is 421 g/mol. The summed E-state index contributed by atoms with van der Waals surface area (Å²) < 4.78 is 13.2. The number of nitrogens with zero attached hydrogens (tertiary/aromatic N) is 2. The number of hydrogen-bond acceptors (Lipinski definition) is 2. The molecule has 154 valence electrons. The second-order valence-corrected chi connectivity index (χ2v) is 8.16. The van der Waals surface area contributed by atoms with Gasteiger partial charge in [0.05, 0.1) is 6.04 Å². The van der Waals surface area contributed by atoms with Gasteiger partial charge in [0.25, 0.3) is 0 Å². The van der Waals surface area contributed by atoms with Crippen LogP contribution in [-0.2, 0) is 6.42 Å². The van der Waals surface area contributed by atoms with Crippen LogP contribution < -0.4 is 4.90 Å². The van der Waals surface area contributed by atoms with Gasteiger partial charge in [0.2, 0.25) is 0 Å². The third-order valence-electron chi connectivity index (χ3n) is 5.77. The van der Waals surface area contributed by atoms with Crippen molar-refractivity contribution in [3.63, 3.8) is 0 Å². The standard InChI is InChI=1S/C26H26ClFN2/c1-2-26(30-17-15-29(16-18-30)25-13-11-24(28)12-14-25)22-7-3-20(4-8-22)19-21-5-9-23(27)10-6-21/h2-14,26H,1,15-19H2. The molecule has 0 amide bonds. The summed E-state index contributed by atoms with van der Waals surface area (Å²) in [5, 5.41) is 0.766. The first-order chi connectivity index (χ1) is 14.6. The lowest BCUT2D eigenvalue weighted by Gasteiger charge is -2.39. The predicted octanol–water partition coefficient (Wildman–Crippen LogP) is 6.12. The van der Waals surface area contributed by atoms with Gasteiger partial charge in [-0.25, -0.2) is 4.39 Å². The van der Waals surface area contributed by atoms with Crippen LogP contribution in [0.25, 0.3) is 0 Å². The number of rotatable bonds is 6. The first kappa shape index (κ1) is 20.6. The van der Waals surface area contributed by atoms with E-state index in [1.807, 2.05) is 30.3 Å². The molecular formula is C26H26ClFN2. The summed E-state index contributed by atoms with van der Waals surface area (Å²) in [5.74, 6) is -0.191. The molecule has 1 unspecified atom stereocenters. The van der Waals surface area contributed by atoms with E-state index in [0.717, 1.165) is 43.3 Å². The van der Waals surface area contributed by atoms with E-state index in [2.05, 4.69) is 52.8 Å². The molecule has 3 aromatic carbocycles. The van der Waals surface area contributed by atoms with Crippen LogP contribution in [0.4, 0.5) is 10.1 Å². The van der Waals surface area contributed by atoms with Gasteiger partial charge in [0, 0.05) is 36.9 Å². The van der Waals surface area contributed by atoms with Crippen LogP contribution in [0, 0.1) is 5.82 Å². The molecule has 3 aromatic rings. The number of piperazine rings is 1. The monoisotopic (exact) mass is 420 g/mol. The summed E-state index contributed by atoms with van der Waals surface area (Å²) in [4.78, 5) is 4.77. The van der Waals surface area contributed by atoms with Crippen LogP contribution in [0.5, 0.6) is 0 Å². The zero-order valence-corrected chi connectivity index (χ0v) is 17.7. The highest BCUT2D eigenvalue weighted by atomic mass is 35.5. The number of halogens is 2. The molecule has 1 atom stereocenters. The highest BCUT2D eigenvalue weighted by Crippen LogP contribution is 2.26. The van der Waals surface area contributed by atoms with Crippen LogP contribution >= 0.6 is 11.6 Å². The van der Waals surface area contributed by atoms with Gasteiger partial charge in [-0.15, -0.1) is 6.58 Å². The van der Waals surface area contributed by atoms with Gasteiger partial charge in [-0.2, -0.15) is 0 Å². The van der Waals surface area contributed by atoms with Crippen molar-refractivity contribution in [3.8, 4) is 0 Å². The van der Waals surface area contributed by atoms with Gasteiger partial charge in [0.15, 0.2) is 0 Å². The van der Waals surface area contributed by atoms with E-state index in [9.17, 15) is 4.39 Å². The molecule has 2 nitrogen and oxygen atoms in total. The largest absolute Gasteiger partial charge is 0.369 e. The van der Waals surface area contributed by atoms with E-state index < -0.39 is 0 Å². The first-order valence-corrected chi connectivity index (χ1v) is 10.7. The maximum Gasteiger partial charge on any atom is 0.123 e. The summed E-state index contributed by atoms with van der Waals surface area (Å²) in [5.41, 5.74) is 4.88. The zero-order chi connectivity index (χ0) is 20.9. The Morgan fingerprint density at radius 1 is 0.833 bits per heavy atom. The molecule has 0 spiro atoms. The van der Waals surface area contributed by atoms with Gasteiger partial charge in [-0.05, 0) is 59.5 Å². The van der Waals surface area contributed by atoms with Crippen LogP contribution in [0.2, 0.25) is 5.02 Å². The summed E-state index contributed by atoms with van der Waals surface area (Å²) in [6, 6.07) is 23.8. The van der Waals surface area contributed by atoms with Crippen molar-refractivity contribution >= 4 is 17.3 Å². The fourth-order valence-electron chi connectivity index (χ4n) is 4.08. The molecule has 0 saturated carbocycles. The van der Waals surface area contributed by atoms with E-state index in [1.165, 1.54) is 28.8 Å². The molecule has 4 heteroatoms. The lowest BCUT2D eigenvalue weighted by molar-refractivity contribution is 0.218. The molecule has 1 saturated heterocycles. The fraction of sp³-hybridized carbons (Fsp3) is 0.231. The Bertz CT molecular complexity index is 959. The maximum absolute atomic E-state index is 13.2. The van der Waals surface area contributed by atoms with Crippen molar-refractivity contribution < 1.29 is 4.39 Å². The minimum absolute atomic E-state index is 0.191. The third-order valence-corrected chi connectivity index (χ3v) is 6.02. The number of anilines is 1. The molecule has 4 rings (SSSR count). The van der Waals surface area contributed by atoms with Crippen molar-refractivity contribution in [1.82, 2.24) is 4.90 Å². The summed E-state index contributed by atoms with van der Waals surface area (Å²) in [7, 11) is 0. The highest BCUT2D eigenvalue weighted by Gasteiger charge is 2.23. The van der Waals surface area contributed by atoms with E-state index in [1.54, 1.807) is 0 Å². The van der Waals surface area contributed by atoms with Gasteiger partial charge >= 0.3 is 0 Å². The van der Waals surface area contributed by atoms with E-state index in [4.69, 9.17) is 11.6 Å². The topological polar surface area (TPSA) is 6.48 Å². The predicted molar refractivity (Wildman–Crippen MR) is 124 cm³/mol. The molecular weight excluding hydrogens is 395 g/mol. The number of hydrogen-bond donors (Lipinski definition) is 0. The van der Waals surface area contributed by atoms with E-state index >= 15 is 0 Å². The van der Waals surface area contributed by atoms with Crippen molar-refractivity contribution in [2.24, 2.45) is 0 Å². The van der Waals surface area contributed by atoms with E-state index in [-0.39, 0.29) is 11.9 Å². The maximum atomic E-state index is 13.2. The highest BCUT2D eigenvalue weighted by molar-refractivity contribution is 6.30. The quantitative estimate of drug-likeness (QED) is 0.443. The lowest BCUT2D eigenvalue weighted by atomic mass is 9.99. The second kappa shape index (κ2) is 9.46. The average Bonchev–Trinajstić information content (AvgIpc) is 2.78. The van der Waals surface area contributed by atoms with Crippen molar-refractivity contribution in [1.29, 1.82) is 0 Å². The Kier molecular flexibility index (Phi) is 6.51. The van der Waals surface area contributed by atoms with E-state index in [0.29, 0.717) is 0 Å². The zero-order valence-electron chi connectivity index (χ0n) is 17.0. The summed E-state index contributed by atoms with van der Waals surface area (Å²) >= 11 is 5.98. The molecule has 0 bridgehead atoms. The summed E-state index contributed by atoms with van der Waals surface area (Å²) in [6.45, 7) is 7.82. The molecule has 0 radical (unpaired) electrons. The number of benzene rings is 3. The molecule has 0 aliphatic carbocycles. The van der Waals surface area contributed by atoms with Crippen molar-refractivity contribution in [2.45, 2.75) is 12.5 Å². The van der Waals surface area contributed by atoms with Gasteiger partial charge in [0.1, 0.15) is 5.82 Å². The van der Waals surface area contributed by atoms with Crippen LogP contribution in [0.3, 0.4) is 0 Å². The molecule has 1 heterocycles. The van der Waals surface area contributed by atoms with Gasteiger partial charge in [-0.3, -0.25) is 4.90 Å². The molecule has 1 fully saturated rings. The third kappa shape index (κ3) is 4.92. The molecule has 1 aliphatic rings. The molecule has 1 aliphatic heterocycles. The van der Waals surface area contributed by atoms with Crippen LogP contribution in [0.1, 0.15) is 22.7 Å². The Balaban J connectivity index is 1.38. The first-order valence-electron chi connectivity index (χ1n) is 10.3. The van der Waals surface area contributed by atoms with Crippen LogP contribution in [-0.4, -0.2) is 31.1 Å². The lowest BCUT2D eigenvalue weighted by Crippen LogP contribution is -2.47. The Morgan fingerprint density at radius 3 is 1.97 bits per heavy atom. The molecule has 0 aromatic heterocycles.